The molecule has 49 heavy (non-hydrogen) atoms. The molecule has 0 spiro atoms. The number of halogens is 4. The lowest BCUT2D eigenvalue weighted by atomic mass is 10.0. The third-order valence-corrected chi connectivity index (χ3v) is 9.76. The van der Waals surface area contributed by atoms with E-state index in [1.54, 1.807) is 36.4 Å². The second-order valence-electron chi connectivity index (χ2n) is 11.7. The molecule has 2 aromatic heterocycles. The predicted octanol–water partition coefficient (Wildman–Crippen LogP) is 10.8. The van der Waals surface area contributed by atoms with E-state index in [0.29, 0.717) is 55.7 Å². The Morgan fingerprint density at radius 2 is 0.898 bits per heavy atom. The largest absolute Gasteiger partial charge is 0.352 e. The summed E-state index contributed by atoms with van der Waals surface area (Å²) in [5.41, 5.74) is 5.46. The maximum Gasteiger partial charge on any atom is 0.252 e. The fourth-order valence-electron chi connectivity index (χ4n) is 5.71. The minimum atomic E-state index is -0.145. The number of para-hydroxylation sites is 2. The number of nitrogens with one attached hydrogen (secondary N) is 2. The second kappa shape index (κ2) is 16.0. The number of rotatable bonds is 12. The lowest BCUT2D eigenvalue weighted by Gasteiger charge is -2.12. The van der Waals surface area contributed by atoms with Gasteiger partial charge >= 0.3 is 0 Å². The number of carbonyl (C=O) groups is 2. The first kappa shape index (κ1) is 34.7. The van der Waals surface area contributed by atoms with E-state index in [9.17, 15) is 9.59 Å². The van der Waals surface area contributed by atoms with Gasteiger partial charge < -0.3 is 10.6 Å². The van der Waals surface area contributed by atoms with Crippen molar-refractivity contribution in [2.45, 2.75) is 32.1 Å². The molecule has 0 aliphatic carbocycles. The van der Waals surface area contributed by atoms with E-state index in [1.807, 2.05) is 60.7 Å². The van der Waals surface area contributed by atoms with Crippen molar-refractivity contribution in [1.82, 2.24) is 20.6 Å². The summed E-state index contributed by atoms with van der Waals surface area (Å²) in [6.45, 7) is 1.12. The molecule has 248 valence electrons. The summed E-state index contributed by atoms with van der Waals surface area (Å²) in [6, 6.07) is 29.4. The zero-order chi connectivity index (χ0) is 34.3. The minimum Gasteiger partial charge on any atom is -0.352 e. The van der Waals surface area contributed by atoms with Crippen LogP contribution in [0.3, 0.4) is 0 Å². The molecule has 0 atom stereocenters. The van der Waals surface area contributed by atoms with Crippen molar-refractivity contribution in [2.24, 2.45) is 0 Å². The van der Waals surface area contributed by atoms with Crippen molar-refractivity contribution in [3.05, 3.63) is 128 Å². The highest BCUT2D eigenvalue weighted by molar-refractivity contribution is 6.42. The topological polar surface area (TPSA) is 84.0 Å². The van der Waals surface area contributed by atoms with E-state index in [0.717, 1.165) is 65.0 Å². The maximum atomic E-state index is 13.3. The summed E-state index contributed by atoms with van der Waals surface area (Å²) in [6.07, 6.45) is 4.61. The average molecular weight is 731 g/mol. The molecule has 10 heteroatoms. The molecule has 0 aliphatic rings. The number of amides is 2. The summed E-state index contributed by atoms with van der Waals surface area (Å²) in [5.74, 6) is -0.290. The monoisotopic (exact) mass is 728 g/mol. The van der Waals surface area contributed by atoms with Crippen LogP contribution in [-0.4, -0.2) is 34.9 Å². The van der Waals surface area contributed by atoms with Gasteiger partial charge in [0.05, 0.1) is 53.6 Å². The lowest BCUT2D eigenvalue weighted by Crippen LogP contribution is -2.25. The number of hydrogen-bond acceptors (Lipinski definition) is 4. The smallest absolute Gasteiger partial charge is 0.252 e. The average Bonchev–Trinajstić information content (AvgIpc) is 3.12. The van der Waals surface area contributed by atoms with Crippen molar-refractivity contribution >= 4 is 80.0 Å². The van der Waals surface area contributed by atoms with Crippen LogP contribution in [-0.2, 0) is 0 Å². The highest BCUT2D eigenvalue weighted by Gasteiger charge is 2.16. The van der Waals surface area contributed by atoms with Crippen LogP contribution in [0.4, 0.5) is 0 Å². The molecule has 0 fully saturated rings. The standard InChI is InChI=1S/C39H32Cl4N4O2/c40-30-16-14-24(20-32(30)42)36-22-28(26-10-4-6-12-34(26)46-36)38(48)44-18-8-2-1-3-9-19-45-39(49)29-23-37(25-15-17-31(41)33(43)21-25)47-35-13-7-5-11-27(29)35/h4-7,10-17,20-23H,1-3,8-9,18-19H2,(H,44,48)(H,45,49). The molecule has 2 N–H and O–H groups in total. The van der Waals surface area contributed by atoms with Crippen LogP contribution in [0, 0.1) is 0 Å². The quantitative estimate of drug-likeness (QED) is 0.123. The van der Waals surface area contributed by atoms with Gasteiger partial charge in [0.1, 0.15) is 0 Å². The predicted molar refractivity (Wildman–Crippen MR) is 202 cm³/mol. The summed E-state index contributed by atoms with van der Waals surface area (Å²) < 4.78 is 0. The molecule has 2 amide bonds. The Morgan fingerprint density at radius 1 is 0.490 bits per heavy atom. The minimum absolute atomic E-state index is 0.145. The maximum absolute atomic E-state index is 13.3. The van der Waals surface area contributed by atoms with Gasteiger partial charge in [-0.3, -0.25) is 9.59 Å². The van der Waals surface area contributed by atoms with Gasteiger partial charge in [-0.1, -0.05) is 114 Å². The molecular formula is C39H32Cl4N4O2. The molecular weight excluding hydrogens is 698 g/mol. The summed E-state index contributed by atoms with van der Waals surface area (Å²) in [7, 11) is 0. The Bertz CT molecular complexity index is 2020. The van der Waals surface area contributed by atoms with Gasteiger partial charge in [-0.15, -0.1) is 0 Å². The van der Waals surface area contributed by atoms with E-state index in [-0.39, 0.29) is 11.8 Å². The Balaban J connectivity index is 0.980. The fraction of sp³-hybridized carbons (Fsp3) is 0.179. The number of carbonyl (C=O) groups excluding carboxylic acids is 2. The van der Waals surface area contributed by atoms with Crippen LogP contribution in [0.25, 0.3) is 44.3 Å². The molecule has 6 nitrogen and oxygen atoms in total. The first-order valence-corrected chi connectivity index (χ1v) is 17.6. The van der Waals surface area contributed by atoms with Crippen LogP contribution < -0.4 is 10.6 Å². The van der Waals surface area contributed by atoms with Gasteiger partial charge in [0, 0.05) is 35.0 Å². The van der Waals surface area contributed by atoms with E-state index in [2.05, 4.69) is 10.6 Å². The van der Waals surface area contributed by atoms with E-state index < -0.39 is 0 Å². The first-order chi connectivity index (χ1) is 23.8. The molecule has 0 aliphatic heterocycles. The van der Waals surface area contributed by atoms with Gasteiger partial charge in [0.25, 0.3) is 11.8 Å². The summed E-state index contributed by atoms with van der Waals surface area (Å²) >= 11 is 24.7. The number of fused-ring (bicyclic) bond motifs is 2. The molecule has 0 unspecified atom stereocenters. The molecule has 6 aromatic rings. The van der Waals surface area contributed by atoms with Gasteiger partial charge in [0.15, 0.2) is 0 Å². The Morgan fingerprint density at radius 3 is 1.33 bits per heavy atom. The van der Waals surface area contributed by atoms with Crippen LogP contribution >= 0.6 is 46.4 Å². The first-order valence-electron chi connectivity index (χ1n) is 16.1. The lowest BCUT2D eigenvalue weighted by molar-refractivity contribution is 0.0947. The SMILES string of the molecule is O=C(NCCCCCCCNC(=O)c1cc(-c2ccc(Cl)c(Cl)c2)nc2ccccc12)c1cc(-c2ccc(Cl)c(Cl)c2)nc2ccccc12. The number of aromatic nitrogens is 2. The molecule has 0 radical (unpaired) electrons. The van der Waals surface area contributed by atoms with Gasteiger partial charge in [0.2, 0.25) is 0 Å². The van der Waals surface area contributed by atoms with E-state index in [1.165, 1.54) is 0 Å². The molecule has 6 rings (SSSR count). The fourth-order valence-corrected chi connectivity index (χ4v) is 6.30. The number of nitrogens with zero attached hydrogens (tertiary/aromatic N) is 2. The van der Waals surface area contributed by atoms with Crippen LogP contribution in [0.1, 0.15) is 52.8 Å². The van der Waals surface area contributed by atoms with Crippen LogP contribution in [0.15, 0.2) is 97.1 Å². The van der Waals surface area contributed by atoms with Crippen molar-refractivity contribution in [3.63, 3.8) is 0 Å². The summed E-state index contributed by atoms with van der Waals surface area (Å²) in [5, 5.41) is 9.50. The second-order valence-corrected chi connectivity index (χ2v) is 13.3. The highest BCUT2D eigenvalue weighted by Crippen LogP contribution is 2.32. The van der Waals surface area contributed by atoms with Crippen molar-refractivity contribution in [3.8, 4) is 22.5 Å². The van der Waals surface area contributed by atoms with E-state index >= 15 is 0 Å². The molecule has 0 saturated heterocycles. The third-order valence-electron chi connectivity index (χ3n) is 8.28. The number of hydrogen-bond donors (Lipinski definition) is 2. The third kappa shape index (κ3) is 8.34. The summed E-state index contributed by atoms with van der Waals surface area (Å²) in [4.78, 5) is 36.1. The number of unbranched alkanes of at least 4 members (excludes halogenated alkanes) is 4. The zero-order valence-electron chi connectivity index (χ0n) is 26.4. The molecule has 0 saturated carbocycles. The number of pyridine rings is 2. The van der Waals surface area contributed by atoms with E-state index in [4.69, 9.17) is 56.4 Å². The Kier molecular flexibility index (Phi) is 11.3. The highest BCUT2D eigenvalue weighted by atomic mass is 35.5. The normalized spacial score (nSPS) is 11.2. The molecule has 2 heterocycles. The molecule has 0 bridgehead atoms. The number of benzene rings is 4. The van der Waals surface area contributed by atoms with Gasteiger partial charge in [-0.25, -0.2) is 9.97 Å². The Labute approximate surface area is 304 Å². The zero-order valence-corrected chi connectivity index (χ0v) is 29.4. The van der Waals surface area contributed by atoms with Crippen molar-refractivity contribution in [2.75, 3.05) is 13.1 Å². The van der Waals surface area contributed by atoms with Crippen molar-refractivity contribution < 1.29 is 9.59 Å². The van der Waals surface area contributed by atoms with Crippen LogP contribution in [0.2, 0.25) is 20.1 Å². The van der Waals surface area contributed by atoms with Crippen molar-refractivity contribution in [1.29, 1.82) is 0 Å². The van der Waals surface area contributed by atoms with Gasteiger partial charge in [-0.05, 0) is 61.4 Å². The molecule has 4 aromatic carbocycles. The van der Waals surface area contributed by atoms with Crippen LogP contribution in [0.5, 0.6) is 0 Å². The Hall–Kier alpha value is -4.20. The van der Waals surface area contributed by atoms with Gasteiger partial charge in [-0.2, -0.15) is 0 Å².